The smallest absolute Gasteiger partial charge is 0.306 e. The second kappa shape index (κ2) is 55.2. The average Bonchev–Trinajstić information content (AvgIpc) is 3.33. The fourth-order valence-electron chi connectivity index (χ4n) is 7.63. The van der Waals surface area contributed by atoms with Gasteiger partial charge in [-0.3, -0.25) is 14.4 Å². The van der Waals surface area contributed by atoms with E-state index in [1.54, 1.807) is 0 Å². The third-order valence-corrected chi connectivity index (χ3v) is 11.9. The predicted molar refractivity (Wildman–Crippen MR) is 288 cm³/mol. The van der Waals surface area contributed by atoms with Crippen LogP contribution in [0.5, 0.6) is 0 Å². The third kappa shape index (κ3) is 53.4. The van der Waals surface area contributed by atoms with Gasteiger partial charge < -0.3 is 14.2 Å². The lowest BCUT2D eigenvalue weighted by atomic mass is 10.1. The fraction of sp³-hybridized carbons (Fsp3) is 0.721. The van der Waals surface area contributed by atoms with Crippen LogP contribution < -0.4 is 0 Å². The van der Waals surface area contributed by atoms with Gasteiger partial charge in [0.1, 0.15) is 13.2 Å². The maximum absolute atomic E-state index is 12.8. The van der Waals surface area contributed by atoms with E-state index in [9.17, 15) is 14.4 Å². The summed E-state index contributed by atoms with van der Waals surface area (Å²) in [5.41, 5.74) is 0. The largest absolute Gasteiger partial charge is 0.462 e. The summed E-state index contributed by atoms with van der Waals surface area (Å²) in [7, 11) is 0. The predicted octanol–water partition coefficient (Wildman–Crippen LogP) is 18.8. The summed E-state index contributed by atoms with van der Waals surface area (Å²) in [4.78, 5) is 38.1. The molecule has 0 aromatic rings. The van der Waals surface area contributed by atoms with E-state index in [4.69, 9.17) is 14.2 Å². The van der Waals surface area contributed by atoms with Crippen LogP contribution in [0.25, 0.3) is 0 Å². The normalized spacial score (nSPS) is 12.7. The molecule has 0 saturated carbocycles. The Labute approximate surface area is 414 Å². The first kappa shape index (κ1) is 63.6. The van der Waals surface area contributed by atoms with Crippen LogP contribution in [0.15, 0.2) is 85.1 Å². The number of carbonyl (C=O) groups excluding carboxylic acids is 3. The molecule has 0 aromatic carbocycles. The zero-order valence-corrected chi connectivity index (χ0v) is 43.9. The van der Waals surface area contributed by atoms with Crippen LogP contribution >= 0.6 is 0 Å². The van der Waals surface area contributed by atoms with E-state index in [1.807, 2.05) is 0 Å². The topological polar surface area (TPSA) is 78.9 Å². The van der Waals surface area contributed by atoms with Crippen LogP contribution in [0.4, 0.5) is 0 Å². The van der Waals surface area contributed by atoms with Crippen molar-refractivity contribution in [2.75, 3.05) is 13.2 Å². The van der Waals surface area contributed by atoms with Crippen LogP contribution in [-0.4, -0.2) is 37.2 Å². The van der Waals surface area contributed by atoms with Crippen molar-refractivity contribution in [3.05, 3.63) is 85.1 Å². The molecule has 0 aliphatic rings. The van der Waals surface area contributed by atoms with Gasteiger partial charge >= 0.3 is 17.9 Å². The number of allylic oxidation sites excluding steroid dienone is 14. The molecule has 67 heavy (non-hydrogen) atoms. The van der Waals surface area contributed by atoms with Crippen molar-refractivity contribution in [1.82, 2.24) is 0 Å². The first-order valence-corrected chi connectivity index (χ1v) is 28.1. The molecule has 0 radical (unpaired) electrons. The second-order valence-corrected chi connectivity index (χ2v) is 18.5. The summed E-state index contributed by atoms with van der Waals surface area (Å²) < 4.78 is 16.8. The number of hydrogen-bond donors (Lipinski definition) is 0. The van der Waals surface area contributed by atoms with E-state index in [1.165, 1.54) is 96.3 Å². The highest BCUT2D eigenvalue weighted by Gasteiger charge is 2.19. The summed E-state index contributed by atoms with van der Waals surface area (Å²) in [6, 6.07) is 0. The molecule has 6 nitrogen and oxygen atoms in total. The molecule has 0 N–H and O–H groups in total. The van der Waals surface area contributed by atoms with Crippen LogP contribution in [0, 0.1) is 0 Å². The Hall–Kier alpha value is -3.41. The van der Waals surface area contributed by atoms with Crippen LogP contribution in [-0.2, 0) is 28.6 Å². The number of ether oxygens (including phenoxy) is 3. The lowest BCUT2D eigenvalue weighted by Crippen LogP contribution is -2.30. The maximum Gasteiger partial charge on any atom is 0.306 e. The molecular weight excluding hydrogens is 829 g/mol. The van der Waals surface area contributed by atoms with Gasteiger partial charge in [0.2, 0.25) is 0 Å². The Morgan fingerprint density at radius 1 is 0.313 bits per heavy atom. The highest BCUT2D eigenvalue weighted by molar-refractivity contribution is 5.71. The Kier molecular flexibility index (Phi) is 52.4. The van der Waals surface area contributed by atoms with Crippen LogP contribution in [0.1, 0.15) is 265 Å². The van der Waals surface area contributed by atoms with Crippen molar-refractivity contribution in [3.63, 3.8) is 0 Å². The minimum atomic E-state index is -0.794. The standard InChI is InChI=1S/C61H104O6/c1-4-7-10-13-16-19-22-25-28-29-30-31-34-36-39-42-45-48-51-54-60(63)66-57-58(67-61(64)55-52-49-46-43-40-37-33-27-24-21-18-15-12-9-6-3)56-65-59(62)53-50-47-44-41-38-35-32-26-23-20-17-14-11-8-5-2/h9,12,16-21,25-28,32-33,58H,4-8,10-11,13-15,22-24,29-31,34-57H2,1-3H3/b12-9-,19-16-,20-17-,21-18-,28-25-,32-26-,33-27-. The molecule has 0 aromatic heterocycles. The number of hydrogen-bond acceptors (Lipinski definition) is 6. The van der Waals surface area contributed by atoms with Gasteiger partial charge in [-0.1, -0.05) is 215 Å². The van der Waals surface area contributed by atoms with Gasteiger partial charge in [-0.2, -0.15) is 0 Å². The number of rotatable bonds is 50. The molecule has 1 atom stereocenters. The van der Waals surface area contributed by atoms with Gasteiger partial charge in [0.05, 0.1) is 0 Å². The number of unbranched alkanes of at least 4 members (excludes halogenated alkanes) is 25. The maximum atomic E-state index is 12.8. The van der Waals surface area contributed by atoms with Gasteiger partial charge in [-0.15, -0.1) is 0 Å². The molecule has 0 amide bonds. The summed E-state index contributed by atoms with van der Waals surface area (Å²) in [5, 5.41) is 0. The van der Waals surface area contributed by atoms with Gasteiger partial charge in [0.15, 0.2) is 6.10 Å². The van der Waals surface area contributed by atoms with Crippen molar-refractivity contribution in [3.8, 4) is 0 Å². The zero-order chi connectivity index (χ0) is 48.6. The quantitative estimate of drug-likeness (QED) is 0.0262. The molecule has 0 bridgehead atoms. The van der Waals surface area contributed by atoms with E-state index < -0.39 is 6.10 Å². The summed E-state index contributed by atoms with van der Waals surface area (Å²) in [5.74, 6) is -0.922. The highest BCUT2D eigenvalue weighted by Crippen LogP contribution is 2.14. The van der Waals surface area contributed by atoms with E-state index in [0.29, 0.717) is 19.3 Å². The van der Waals surface area contributed by atoms with Crippen molar-refractivity contribution in [1.29, 1.82) is 0 Å². The first-order valence-electron chi connectivity index (χ1n) is 28.1. The van der Waals surface area contributed by atoms with Crippen molar-refractivity contribution in [2.24, 2.45) is 0 Å². The zero-order valence-electron chi connectivity index (χ0n) is 43.9. The monoisotopic (exact) mass is 933 g/mol. The van der Waals surface area contributed by atoms with Gasteiger partial charge in [-0.25, -0.2) is 0 Å². The van der Waals surface area contributed by atoms with Crippen LogP contribution in [0.3, 0.4) is 0 Å². The molecular formula is C61H104O6. The average molecular weight is 933 g/mol. The Morgan fingerprint density at radius 3 is 0.910 bits per heavy atom. The number of carbonyl (C=O) groups is 3. The molecule has 384 valence electrons. The summed E-state index contributed by atoms with van der Waals surface area (Å²) in [6.07, 6.45) is 71.3. The van der Waals surface area contributed by atoms with Crippen molar-refractivity contribution >= 4 is 17.9 Å². The van der Waals surface area contributed by atoms with Gasteiger partial charge in [0.25, 0.3) is 0 Å². The molecule has 0 fully saturated rings. The fourth-order valence-corrected chi connectivity index (χ4v) is 7.63. The van der Waals surface area contributed by atoms with Crippen LogP contribution in [0.2, 0.25) is 0 Å². The first-order chi connectivity index (χ1) is 33.0. The molecule has 0 aliphatic heterocycles. The molecule has 0 heterocycles. The minimum Gasteiger partial charge on any atom is -0.462 e. The third-order valence-electron chi connectivity index (χ3n) is 11.9. The number of esters is 3. The minimum absolute atomic E-state index is 0.0906. The van der Waals surface area contributed by atoms with E-state index in [-0.39, 0.29) is 31.1 Å². The molecule has 0 spiro atoms. The molecule has 0 aliphatic carbocycles. The molecule has 0 saturated heterocycles. The molecule has 1 unspecified atom stereocenters. The van der Waals surface area contributed by atoms with Crippen molar-refractivity contribution in [2.45, 2.75) is 271 Å². The van der Waals surface area contributed by atoms with Crippen molar-refractivity contribution < 1.29 is 28.6 Å². The van der Waals surface area contributed by atoms with E-state index in [0.717, 1.165) is 128 Å². The molecule has 6 heteroatoms. The Bertz CT molecular complexity index is 1300. The van der Waals surface area contributed by atoms with Gasteiger partial charge in [-0.05, 0) is 116 Å². The highest BCUT2D eigenvalue weighted by atomic mass is 16.6. The SMILES string of the molecule is CC/C=C\C/C=C\C/C=C\CCCCCCCC(=O)OC(COC(=O)CCCCCCC/C=C\C/C=C\CCCCC)COC(=O)CCCCCCCCCCC/C=C\C/C=C\CCCCC. The second-order valence-electron chi connectivity index (χ2n) is 18.5. The van der Waals surface area contributed by atoms with E-state index >= 15 is 0 Å². The molecule has 0 rings (SSSR count). The summed E-state index contributed by atoms with van der Waals surface area (Å²) >= 11 is 0. The summed E-state index contributed by atoms with van der Waals surface area (Å²) in [6.45, 7) is 6.46. The Balaban J connectivity index is 4.42. The Morgan fingerprint density at radius 2 is 0.582 bits per heavy atom. The lowest BCUT2D eigenvalue weighted by Gasteiger charge is -2.18. The van der Waals surface area contributed by atoms with E-state index in [2.05, 4.69) is 106 Å². The van der Waals surface area contributed by atoms with Gasteiger partial charge in [0, 0.05) is 19.3 Å². The lowest BCUT2D eigenvalue weighted by molar-refractivity contribution is -0.167.